The zero-order chi connectivity index (χ0) is 15.3. The average molecular weight is 289 g/mol. The molecule has 0 aliphatic heterocycles. The maximum atomic E-state index is 2.61. The Morgan fingerprint density at radius 3 is 1.95 bits per heavy atom. The molecule has 0 aromatic heterocycles. The fourth-order valence-corrected chi connectivity index (χ4v) is 8.29. The summed E-state index contributed by atoms with van der Waals surface area (Å²) < 4.78 is 0. The smallest absolute Gasteiger partial charge is 0.0269 e. The molecular formula is C21H36. The minimum absolute atomic E-state index is 0.562. The standard InChI is InChI=1S/C21H36/c1-8-11(2)17-12(3)13-9-14(17)19-16-10-15(18(13)19)20(4,5)21(16,6)7/h11-19H,8-10H2,1-7H3. The van der Waals surface area contributed by atoms with Gasteiger partial charge in [-0.2, -0.15) is 0 Å². The van der Waals surface area contributed by atoms with Crippen molar-refractivity contribution in [2.45, 2.75) is 67.7 Å². The molecule has 4 saturated carbocycles. The normalized spacial score (nSPS) is 56.7. The third-order valence-corrected chi connectivity index (χ3v) is 10.0. The lowest BCUT2D eigenvalue weighted by Gasteiger charge is -2.55. The first-order valence-corrected chi connectivity index (χ1v) is 9.73. The molecule has 0 N–H and O–H groups in total. The van der Waals surface area contributed by atoms with Gasteiger partial charge < -0.3 is 0 Å². The van der Waals surface area contributed by atoms with Crippen LogP contribution in [-0.4, -0.2) is 0 Å². The van der Waals surface area contributed by atoms with E-state index in [1.54, 1.807) is 12.8 Å². The van der Waals surface area contributed by atoms with Gasteiger partial charge in [0, 0.05) is 0 Å². The molecule has 0 aromatic rings. The van der Waals surface area contributed by atoms with E-state index in [1.807, 2.05) is 0 Å². The third kappa shape index (κ3) is 1.44. The highest BCUT2D eigenvalue weighted by Crippen LogP contribution is 2.79. The Hall–Kier alpha value is 0. The summed E-state index contributed by atoms with van der Waals surface area (Å²) in [5, 5.41) is 0. The molecule has 4 bridgehead atoms. The van der Waals surface area contributed by atoms with Crippen molar-refractivity contribution in [1.29, 1.82) is 0 Å². The fraction of sp³-hybridized carbons (Fsp3) is 1.00. The summed E-state index contributed by atoms with van der Waals surface area (Å²) in [6.45, 7) is 18.0. The van der Waals surface area contributed by atoms with Gasteiger partial charge in [0.15, 0.2) is 0 Å². The Kier molecular flexibility index (Phi) is 2.84. The lowest BCUT2D eigenvalue weighted by atomic mass is 9.49. The van der Waals surface area contributed by atoms with Gasteiger partial charge in [0.25, 0.3) is 0 Å². The molecule has 0 saturated heterocycles. The van der Waals surface area contributed by atoms with Crippen LogP contribution in [0.1, 0.15) is 67.7 Å². The van der Waals surface area contributed by atoms with Crippen LogP contribution in [0.3, 0.4) is 0 Å². The molecule has 4 fully saturated rings. The predicted octanol–water partition coefficient (Wildman–Crippen LogP) is 5.87. The Morgan fingerprint density at radius 2 is 1.43 bits per heavy atom. The van der Waals surface area contributed by atoms with E-state index in [1.165, 1.54) is 6.42 Å². The lowest BCUT2D eigenvalue weighted by Crippen LogP contribution is -2.50. The van der Waals surface area contributed by atoms with Gasteiger partial charge in [-0.25, -0.2) is 0 Å². The van der Waals surface area contributed by atoms with Crippen molar-refractivity contribution in [2.75, 3.05) is 0 Å². The van der Waals surface area contributed by atoms with Crippen molar-refractivity contribution in [3.05, 3.63) is 0 Å². The van der Waals surface area contributed by atoms with Gasteiger partial charge in [0.1, 0.15) is 0 Å². The van der Waals surface area contributed by atoms with Crippen LogP contribution in [0.2, 0.25) is 0 Å². The van der Waals surface area contributed by atoms with E-state index in [9.17, 15) is 0 Å². The molecule has 9 atom stereocenters. The van der Waals surface area contributed by atoms with Crippen LogP contribution in [0.15, 0.2) is 0 Å². The van der Waals surface area contributed by atoms with E-state index in [0.717, 1.165) is 53.3 Å². The summed E-state index contributed by atoms with van der Waals surface area (Å²) in [4.78, 5) is 0. The van der Waals surface area contributed by atoms with E-state index in [-0.39, 0.29) is 0 Å². The highest BCUT2D eigenvalue weighted by molar-refractivity contribution is 5.21. The van der Waals surface area contributed by atoms with E-state index in [4.69, 9.17) is 0 Å². The molecule has 0 aromatic carbocycles. The molecule has 0 heterocycles. The molecule has 0 nitrogen and oxygen atoms in total. The average Bonchev–Trinajstić information content (AvgIpc) is 3.07. The quantitative estimate of drug-likeness (QED) is 0.557. The first kappa shape index (κ1) is 14.6. The van der Waals surface area contributed by atoms with E-state index in [2.05, 4.69) is 48.5 Å². The second kappa shape index (κ2) is 4.09. The van der Waals surface area contributed by atoms with Crippen molar-refractivity contribution in [2.24, 2.45) is 64.1 Å². The van der Waals surface area contributed by atoms with Crippen LogP contribution < -0.4 is 0 Å². The molecule has 0 spiro atoms. The first-order valence-electron chi connectivity index (χ1n) is 9.73. The van der Waals surface area contributed by atoms with Crippen molar-refractivity contribution in [3.8, 4) is 0 Å². The van der Waals surface area contributed by atoms with E-state index >= 15 is 0 Å². The molecule has 21 heavy (non-hydrogen) atoms. The van der Waals surface area contributed by atoms with Crippen LogP contribution in [-0.2, 0) is 0 Å². The summed E-state index contributed by atoms with van der Waals surface area (Å²) in [5.41, 5.74) is 1.13. The van der Waals surface area contributed by atoms with Crippen LogP contribution in [0.25, 0.3) is 0 Å². The highest BCUT2D eigenvalue weighted by Gasteiger charge is 2.73. The summed E-state index contributed by atoms with van der Waals surface area (Å²) in [7, 11) is 0. The Morgan fingerprint density at radius 1 is 0.905 bits per heavy atom. The second-order valence-electron chi connectivity index (χ2n) is 10.4. The Labute approximate surface area is 132 Å². The first-order chi connectivity index (χ1) is 9.73. The van der Waals surface area contributed by atoms with Crippen molar-refractivity contribution in [1.82, 2.24) is 0 Å². The minimum atomic E-state index is 0.562. The zero-order valence-electron chi connectivity index (χ0n) is 15.3. The summed E-state index contributed by atoms with van der Waals surface area (Å²) in [6, 6.07) is 0. The van der Waals surface area contributed by atoms with Gasteiger partial charge in [-0.1, -0.05) is 54.9 Å². The second-order valence-corrected chi connectivity index (χ2v) is 10.4. The molecule has 0 heteroatoms. The molecule has 0 amide bonds. The van der Waals surface area contributed by atoms with Gasteiger partial charge in [0.2, 0.25) is 0 Å². The minimum Gasteiger partial charge on any atom is -0.0651 e. The van der Waals surface area contributed by atoms with Crippen LogP contribution in [0.5, 0.6) is 0 Å². The number of rotatable bonds is 2. The fourth-order valence-electron chi connectivity index (χ4n) is 8.29. The van der Waals surface area contributed by atoms with Crippen molar-refractivity contribution in [3.63, 3.8) is 0 Å². The molecule has 9 unspecified atom stereocenters. The number of fused-ring (bicyclic) bond motifs is 9. The van der Waals surface area contributed by atoms with Crippen LogP contribution in [0, 0.1) is 64.1 Å². The van der Waals surface area contributed by atoms with Gasteiger partial charge in [-0.15, -0.1) is 0 Å². The van der Waals surface area contributed by atoms with Crippen molar-refractivity contribution >= 4 is 0 Å². The van der Waals surface area contributed by atoms with Gasteiger partial charge in [-0.05, 0) is 76.9 Å². The Balaban J connectivity index is 1.71. The molecule has 4 aliphatic carbocycles. The lowest BCUT2D eigenvalue weighted by molar-refractivity contribution is -0.0794. The largest absolute Gasteiger partial charge is 0.0651 e. The summed E-state index contributed by atoms with van der Waals surface area (Å²) >= 11 is 0. The maximum absolute atomic E-state index is 2.61. The third-order valence-electron chi connectivity index (χ3n) is 10.0. The molecule has 4 rings (SSSR count). The predicted molar refractivity (Wildman–Crippen MR) is 89.8 cm³/mol. The summed E-state index contributed by atoms with van der Waals surface area (Å²) in [5.74, 6) is 9.39. The molecular weight excluding hydrogens is 252 g/mol. The maximum Gasteiger partial charge on any atom is -0.0269 e. The van der Waals surface area contributed by atoms with Gasteiger partial charge >= 0.3 is 0 Å². The highest BCUT2D eigenvalue weighted by atomic mass is 14.8. The topological polar surface area (TPSA) is 0 Å². The molecule has 120 valence electrons. The van der Waals surface area contributed by atoms with Gasteiger partial charge in [0.05, 0.1) is 0 Å². The zero-order valence-corrected chi connectivity index (χ0v) is 15.3. The van der Waals surface area contributed by atoms with E-state index < -0.39 is 0 Å². The monoisotopic (exact) mass is 288 g/mol. The SMILES string of the molecule is CCC(C)C1C(C)C2CC1C1C2C2CC1C(C)(C)C2(C)C. The van der Waals surface area contributed by atoms with Crippen molar-refractivity contribution < 1.29 is 0 Å². The summed E-state index contributed by atoms with van der Waals surface area (Å²) in [6.07, 6.45) is 4.53. The van der Waals surface area contributed by atoms with Crippen LogP contribution >= 0.6 is 0 Å². The molecule has 4 aliphatic rings. The van der Waals surface area contributed by atoms with Crippen LogP contribution in [0.4, 0.5) is 0 Å². The Bertz CT molecular complexity index is 445. The number of hydrogen-bond donors (Lipinski definition) is 0. The van der Waals surface area contributed by atoms with Gasteiger partial charge in [-0.3, -0.25) is 0 Å². The molecule has 0 radical (unpaired) electrons. The van der Waals surface area contributed by atoms with E-state index in [0.29, 0.717) is 10.8 Å². The number of hydrogen-bond acceptors (Lipinski definition) is 0.